The Morgan fingerprint density at radius 2 is 1.79 bits per heavy atom. The maximum atomic E-state index is 13.7. The minimum absolute atomic E-state index is 0.0253. The van der Waals surface area contributed by atoms with E-state index in [1.807, 2.05) is 26.8 Å². The molecule has 33 heavy (non-hydrogen) atoms. The molecule has 6 heteroatoms. The van der Waals surface area contributed by atoms with Crippen molar-refractivity contribution in [1.29, 1.82) is 0 Å². The van der Waals surface area contributed by atoms with E-state index in [9.17, 15) is 18.0 Å². The lowest BCUT2D eigenvalue weighted by Gasteiger charge is -2.25. The van der Waals surface area contributed by atoms with E-state index in [0.29, 0.717) is 28.8 Å². The summed E-state index contributed by atoms with van der Waals surface area (Å²) in [5.74, 6) is -0.0253. The highest BCUT2D eigenvalue weighted by molar-refractivity contribution is 5.99. The molecule has 1 aliphatic rings. The number of aldehydes is 1. The number of hydrogen-bond donors (Lipinski definition) is 0. The molecule has 0 atom stereocenters. The van der Waals surface area contributed by atoms with Crippen LogP contribution >= 0.6 is 0 Å². The first-order valence-electron chi connectivity index (χ1n) is 11.8. The van der Waals surface area contributed by atoms with Gasteiger partial charge in [0.05, 0.1) is 11.3 Å². The van der Waals surface area contributed by atoms with Crippen LogP contribution in [-0.2, 0) is 24.0 Å². The molecule has 0 bridgehead atoms. The molecule has 0 heterocycles. The molecule has 0 N–H and O–H groups in total. The van der Waals surface area contributed by atoms with E-state index in [0.717, 1.165) is 49.5 Å². The third-order valence-electron chi connectivity index (χ3n) is 5.97. The van der Waals surface area contributed by atoms with Crippen molar-refractivity contribution in [2.45, 2.75) is 84.9 Å². The lowest BCUT2D eigenvalue weighted by Crippen LogP contribution is -2.15. The molecule has 2 aromatic carbocycles. The average molecular weight is 462 g/mol. The van der Waals surface area contributed by atoms with Gasteiger partial charge in [-0.3, -0.25) is 4.79 Å². The minimum atomic E-state index is -4.39. The van der Waals surface area contributed by atoms with E-state index in [1.165, 1.54) is 6.07 Å². The largest absolute Gasteiger partial charge is 0.416 e. The van der Waals surface area contributed by atoms with Crippen molar-refractivity contribution in [3.05, 3.63) is 69.8 Å². The SMILES string of the molecule is CC.CCc1cc(/C(C)=N/OCc2ccc(C3CCCCC3)c(C(F)(F)F)c2)ccc1C=O. The Morgan fingerprint density at radius 1 is 1.09 bits per heavy atom. The predicted octanol–water partition coefficient (Wildman–Crippen LogP) is 8.10. The van der Waals surface area contributed by atoms with Crippen molar-refractivity contribution >= 4 is 12.0 Å². The third-order valence-corrected chi connectivity index (χ3v) is 5.97. The first-order chi connectivity index (χ1) is 15.8. The average Bonchev–Trinajstić information content (AvgIpc) is 2.84. The van der Waals surface area contributed by atoms with Crippen molar-refractivity contribution in [2.75, 3.05) is 0 Å². The molecule has 0 saturated heterocycles. The fourth-order valence-electron chi connectivity index (χ4n) is 4.22. The third kappa shape index (κ3) is 7.18. The van der Waals surface area contributed by atoms with Crippen LogP contribution in [0.3, 0.4) is 0 Å². The number of oxime groups is 1. The molecule has 0 spiro atoms. The van der Waals surface area contributed by atoms with Crippen LogP contribution in [0.15, 0.2) is 41.6 Å². The lowest BCUT2D eigenvalue weighted by atomic mass is 9.81. The molecule has 2 aromatic rings. The van der Waals surface area contributed by atoms with E-state index in [-0.39, 0.29) is 12.5 Å². The molecule has 0 aromatic heterocycles. The van der Waals surface area contributed by atoms with Gasteiger partial charge in [-0.15, -0.1) is 0 Å². The van der Waals surface area contributed by atoms with Crippen molar-refractivity contribution in [3.8, 4) is 0 Å². The maximum Gasteiger partial charge on any atom is 0.416 e. The molecule has 3 nitrogen and oxygen atoms in total. The molecule has 0 radical (unpaired) electrons. The highest BCUT2D eigenvalue weighted by atomic mass is 19.4. The summed E-state index contributed by atoms with van der Waals surface area (Å²) in [5.41, 5.74) is 3.24. The zero-order chi connectivity index (χ0) is 24.4. The summed E-state index contributed by atoms with van der Waals surface area (Å²) in [7, 11) is 0. The number of carbonyl (C=O) groups is 1. The number of halogens is 3. The van der Waals surface area contributed by atoms with Gasteiger partial charge in [-0.05, 0) is 66.5 Å². The summed E-state index contributed by atoms with van der Waals surface area (Å²) >= 11 is 0. The Balaban J connectivity index is 0.00000187. The summed E-state index contributed by atoms with van der Waals surface area (Å²) in [6, 6.07) is 9.92. The van der Waals surface area contributed by atoms with Crippen LogP contribution in [0.4, 0.5) is 13.2 Å². The Hall–Kier alpha value is -2.63. The quantitative estimate of drug-likeness (QED) is 0.237. The normalized spacial score (nSPS) is 14.9. The fraction of sp³-hybridized carbons (Fsp3) is 0.481. The monoisotopic (exact) mass is 461 g/mol. The van der Waals surface area contributed by atoms with Crippen LogP contribution in [0, 0.1) is 0 Å². The smallest absolute Gasteiger partial charge is 0.391 e. The molecule has 1 aliphatic carbocycles. The lowest BCUT2D eigenvalue weighted by molar-refractivity contribution is -0.138. The van der Waals surface area contributed by atoms with Gasteiger partial charge in [0, 0.05) is 5.56 Å². The van der Waals surface area contributed by atoms with Gasteiger partial charge in [-0.25, -0.2) is 0 Å². The second-order valence-corrected chi connectivity index (χ2v) is 8.09. The number of nitrogens with zero attached hydrogens (tertiary/aromatic N) is 1. The van der Waals surface area contributed by atoms with Crippen LogP contribution in [0.2, 0.25) is 0 Å². The first-order valence-corrected chi connectivity index (χ1v) is 11.8. The van der Waals surface area contributed by atoms with E-state index in [2.05, 4.69) is 5.16 Å². The molecule has 0 aliphatic heterocycles. The first kappa shape index (κ1) is 26.6. The summed E-state index contributed by atoms with van der Waals surface area (Å²) in [5, 5.41) is 4.07. The van der Waals surface area contributed by atoms with Gasteiger partial charge in [-0.2, -0.15) is 13.2 Å². The number of carbonyl (C=O) groups excluding carboxylic acids is 1. The van der Waals surface area contributed by atoms with Crippen molar-refractivity contribution in [3.63, 3.8) is 0 Å². The minimum Gasteiger partial charge on any atom is -0.391 e. The summed E-state index contributed by atoms with van der Waals surface area (Å²) in [6.45, 7) is 7.69. The standard InChI is InChI=1S/C25H28F3NO2.C2H6/c1-3-19-14-21(10-11-22(19)15-30)17(2)29-31-16-18-9-12-23(20-7-5-4-6-8-20)24(13-18)25(26,27)28;1-2/h9-15,20H,3-8,16H2,1-2H3;1-2H3/b29-17+;. The van der Waals surface area contributed by atoms with Gasteiger partial charge in [0.15, 0.2) is 0 Å². The highest BCUT2D eigenvalue weighted by Gasteiger charge is 2.35. The van der Waals surface area contributed by atoms with Gasteiger partial charge in [-0.1, -0.05) is 69.5 Å². The Morgan fingerprint density at radius 3 is 2.39 bits per heavy atom. The number of aryl methyl sites for hydroxylation is 1. The van der Waals surface area contributed by atoms with Gasteiger partial charge in [0.25, 0.3) is 0 Å². The molecular weight excluding hydrogens is 427 g/mol. The second-order valence-electron chi connectivity index (χ2n) is 8.09. The number of hydrogen-bond acceptors (Lipinski definition) is 3. The molecule has 1 saturated carbocycles. The van der Waals surface area contributed by atoms with Gasteiger partial charge < -0.3 is 4.84 Å². The van der Waals surface area contributed by atoms with E-state index >= 15 is 0 Å². The van der Waals surface area contributed by atoms with Crippen LogP contribution < -0.4 is 0 Å². The van der Waals surface area contributed by atoms with Crippen LogP contribution in [0.25, 0.3) is 0 Å². The molecule has 180 valence electrons. The van der Waals surface area contributed by atoms with E-state index in [4.69, 9.17) is 4.84 Å². The predicted molar refractivity (Wildman–Crippen MR) is 127 cm³/mol. The van der Waals surface area contributed by atoms with Gasteiger partial charge in [0.2, 0.25) is 0 Å². The van der Waals surface area contributed by atoms with Crippen molar-refractivity contribution in [1.82, 2.24) is 0 Å². The van der Waals surface area contributed by atoms with E-state index < -0.39 is 11.7 Å². The molecule has 3 rings (SSSR count). The van der Waals surface area contributed by atoms with Gasteiger partial charge in [0.1, 0.15) is 12.9 Å². The molecular formula is C27H34F3NO2. The Labute approximate surface area is 195 Å². The summed E-state index contributed by atoms with van der Waals surface area (Å²) < 4.78 is 41.1. The fourth-order valence-corrected chi connectivity index (χ4v) is 4.22. The van der Waals surface area contributed by atoms with Gasteiger partial charge >= 0.3 is 6.18 Å². The van der Waals surface area contributed by atoms with Crippen molar-refractivity contribution < 1.29 is 22.8 Å². The highest BCUT2D eigenvalue weighted by Crippen LogP contribution is 2.41. The van der Waals surface area contributed by atoms with Crippen LogP contribution in [0.1, 0.15) is 104 Å². The second kappa shape index (κ2) is 12.6. The Bertz CT molecular complexity index is 945. The van der Waals surface area contributed by atoms with Crippen molar-refractivity contribution in [2.24, 2.45) is 5.16 Å². The van der Waals surface area contributed by atoms with Crippen LogP contribution in [0.5, 0.6) is 0 Å². The number of rotatable bonds is 7. The number of alkyl halides is 3. The number of benzene rings is 2. The van der Waals surface area contributed by atoms with E-state index in [1.54, 1.807) is 31.2 Å². The Kier molecular flexibility index (Phi) is 10.1. The van der Waals surface area contributed by atoms with Crippen LogP contribution in [-0.4, -0.2) is 12.0 Å². The molecule has 0 unspecified atom stereocenters. The molecule has 1 fully saturated rings. The summed E-state index contributed by atoms with van der Waals surface area (Å²) in [6.07, 6.45) is 1.82. The topological polar surface area (TPSA) is 38.7 Å². The zero-order valence-corrected chi connectivity index (χ0v) is 20.0. The zero-order valence-electron chi connectivity index (χ0n) is 20.0. The summed E-state index contributed by atoms with van der Waals surface area (Å²) in [4.78, 5) is 16.5. The maximum absolute atomic E-state index is 13.7. The molecule has 0 amide bonds.